The molecule has 2 rings (SSSR count). The predicted molar refractivity (Wildman–Crippen MR) is 73.9 cm³/mol. The number of hydrogen-bond acceptors (Lipinski definition) is 2. The first-order valence-electron chi connectivity index (χ1n) is 5.48. The van der Waals surface area contributed by atoms with Crippen molar-refractivity contribution in [2.75, 3.05) is 0 Å². The molecule has 19 heavy (non-hydrogen) atoms. The van der Waals surface area contributed by atoms with Crippen molar-refractivity contribution in [1.82, 2.24) is 0 Å². The standard InChI is InChI=1S/C14H10Cl2O3/c15-10-7-4-8-11(12(10)16)19-13(14(17)18)9-5-2-1-3-6-9/h1-8,13H,(H,17,18). The lowest BCUT2D eigenvalue weighted by Gasteiger charge is -2.16. The summed E-state index contributed by atoms with van der Waals surface area (Å²) in [5, 5.41) is 9.76. The summed E-state index contributed by atoms with van der Waals surface area (Å²) in [6, 6.07) is 13.5. The Hall–Kier alpha value is -1.71. The van der Waals surface area contributed by atoms with Gasteiger partial charge in [-0.3, -0.25) is 0 Å². The molecule has 0 saturated heterocycles. The smallest absolute Gasteiger partial charge is 0.349 e. The van der Waals surface area contributed by atoms with E-state index in [1.165, 1.54) is 0 Å². The number of halogens is 2. The number of aliphatic carboxylic acids is 1. The van der Waals surface area contributed by atoms with Crippen LogP contribution in [0.5, 0.6) is 5.75 Å². The van der Waals surface area contributed by atoms with Gasteiger partial charge in [-0.2, -0.15) is 0 Å². The van der Waals surface area contributed by atoms with Crippen LogP contribution in [0.2, 0.25) is 10.0 Å². The zero-order valence-corrected chi connectivity index (χ0v) is 11.2. The van der Waals surface area contributed by atoms with Gasteiger partial charge in [0, 0.05) is 5.56 Å². The van der Waals surface area contributed by atoms with Crippen molar-refractivity contribution in [3.63, 3.8) is 0 Å². The number of carboxylic acids is 1. The summed E-state index contributed by atoms with van der Waals surface area (Å²) in [5.74, 6) is -0.854. The van der Waals surface area contributed by atoms with Crippen LogP contribution in [0.1, 0.15) is 11.7 Å². The summed E-state index contributed by atoms with van der Waals surface area (Å²) in [4.78, 5) is 11.3. The van der Waals surface area contributed by atoms with Crippen LogP contribution in [0.3, 0.4) is 0 Å². The summed E-state index contributed by atoms with van der Waals surface area (Å²) in [5.41, 5.74) is 0.533. The molecule has 1 unspecified atom stereocenters. The minimum Gasteiger partial charge on any atom is -0.478 e. The quantitative estimate of drug-likeness (QED) is 0.920. The Morgan fingerprint density at radius 2 is 1.74 bits per heavy atom. The Labute approximate surface area is 120 Å². The van der Waals surface area contributed by atoms with Crippen molar-refractivity contribution in [3.05, 3.63) is 64.1 Å². The van der Waals surface area contributed by atoms with Crippen LogP contribution in [-0.2, 0) is 4.79 Å². The number of benzene rings is 2. The fourth-order valence-electron chi connectivity index (χ4n) is 1.59. The molecule has 0 aliphatic heterocycles. The summed E-state index contributed by atoms with van der Waals surface area (Å²) in [7, 11) is 0. The fourth-order valence-corrected chi connectivity index (χ4v) is 1.93. The molecule has 0 amide bonds. The molecule has 1 N–H and O–H groups in total. The maximum atomic E-state index is 11.3. The lowest BCUT2D eigenvalue weighted by atomic mass is 10.1. The fraction of sp³-hybridized carbons (Fsp3) is 0.0714. The van der Waals surface area contributed by atoms with Crippen LogP contribution in [-0.4, -0.2) is 11.1 Å². The highest BCUT2D eigenvalue weighted by molar-refractivity contribution is 6.42. The van der Waals surface area contributed by atoms with E-state index in [0.29, 0.717) is 10.6 Å². The van der Waals surface area contributed by atoms with Crippen molar-refractivity contribution >= 4 is 29.2 Å². The highest BCUT2D eigenvalue weighted by atomic mass is 35.5. The molecule has 0 spiro atoms. The monoisotopic (exact) mass is 296 g/mol. The van der Waals surface area contributed by atoms with E-state index < -0.39 is 12.1 Å². The molecule has 0 aliphatic carbocycles. The summed E-state index contributed by atoms with van der Waals surface area (Å²) in [6.07, 6.45) is -1.13. The number of rotatable bonds is 4. The van der Waals surface area contributed by atoms with Gasteiger partial charge in [0.1, 0.15) is 10.8 Å². The van der Waals surface area contributed by atoms with E-state index in [1.54, 1.807) is 48.5 Å². The number of ether oxygens (including phenoxy) is 1. The van der Waals surface area contributed by atoms with Crippen LogP contribution >= 0.6 is 23.2 Å². The summed E-state index contributed by atoms with van der Waals surface area (Å²) in [6.45, 7) is 0. The van der Waals surface area contributed by atoms with E-state index >= 15 is 0 Å². The molecule has 2 aromatic carbocycles. The van der Waals surface area contributed by atoms with Crippen molar-refractivity contribution in [2.24, 2.45) is 0 Å². The molecule has 0 heterocycles. The van der Waals surface area contributed by atoms with Gasteiger partial charge < -0.3 is 9.84 Å². The molecule has 3 nitrogen and oxygen atoms in total. The van der Waals surface area contributed by atoms with Crippen LogP contribution in [0, 0.1) is 0 Å². The number of carbonyl (C=O) groups is 1. The van der Waals surface area contributed by atoms with Crippen molar-refractivity contribution < 1.29 is 14.6 Å². The summed E-state index contributed by atoms with van der Waals surface area (Å²) >= 11 is 11.8. The third kappa shape index (κ3) is 3.19. The first-order chi connectivity index (χ1) is 9.09. The van der Waals surface area contributed by atoms with Crippen molar-refractivity contribution in [1.29, 1.82) is 0 Å². The Morgan fingerprint density at radius 3 is 2.37 bits per heavy atom. The second kappa shape index (κ2) is 5.95. The van der Waals surface area contributed by atoms with E-state index in [2.05, 4.69) is 0 Å². The van der Waals surface area contributed by atoms with E-state index in [1.807, 2.05) is 0 Å². The highest BCUT2D eigenvalue weighted by Gasteiger charge is 2.23. The molecule has 0 bridgehead atoms. The van der Waals surface area contributed by atoms with E-state index in [4.69, 9.17) is 27.9 Å². The molecule has 0 fully saturated rings. The third-order valence-electron chi connectivity index (χ3n) is 2.49. The molecule has 0 saturated carbocycles. The zero-order chi connectivity index (χ0) is 13.8. The van der Waals surface area contributed by atoms with Gasteiger partial charge in [0.2, 0.25) is 6.10 Å². The first kappa shape index (κ1) is 13.7. The van der Waals surface area contributed by atoms with Crippen LogP contribution in [0.25, 0.3) is 0 Å². The lowest BCUT2D eigenvalue weighted by Crippen LogP contribution is -2.18. The first-order valence-corrected chi connectivity index (χ1v) is 6.23. The van der Waals surface area contributed by atoms with Gasteiger partial charge >= 0.3 is 5.97 Å². The summed E-state index contributed by atoms with van der Waals surface area (Å²) < 4.78 is 5.46. The van der Waals surface area contributed by atoms with Crippen LogP contribution in [0.4, 0.5) is 0 Å². The maximum absolute atomic E-state index is 11.3. The Balaban J connectivity index is 2.32. The molecule has 1 atom stereocenters. The van der Waals surface area contributed by atoms with Crippen LogP contribution in [0.15, 0.2) is 48.5 Å². The maximum Gasteiger partial charge on any atom is 0.349 e. The average molecular weight is 297 g/mol. The molecule has 2 aromatic rings. The lowest BCUT2D eigenvalue weighted by molar-refractivity contribution is -0.145. The van der Waals surface area contributed by atoms with Crippen molar-refractivity contribution in [3.8, 4) is 5.75 Å². The van der Waals surface area contributed by atoms with Gasteiger partial charge in [0.25, 0.3) is 0 Å². The normalized spacial score (nSPS) is 11.9. The zero-order valence-electron chi connectivity index (χ0n) is 9.72. The van der Waals surface area contributed by atoms with Gasteiger partial charge in [-0.15, -0.1) is 0 Å². The average Bonchev–Trinajstić information content (AvgIpc) is 2.41. The second-order valence-electron chi connectivity index (χ2n) is 3.80. The van der Waals surface area contributed by atoms with Crippen molar-refractivity contribution in [2.45, 2.75) is 6.10 Å². The van der Waals surface area contributed by atoms with E-state index in [9.17, 15) is 9.90 Å². The topological polar surface area (TPSA) is 46.5 Å². The Kier molecular flexibility index (Phi) is 4.30. The molecular weight excluding hydrogens is 287 g/mol. The van der Waals surface area contributed by atoms with Crippen LogP contribution < -0.4 is 4.74 Å². The second-order valence-corrected chi connectivity index (χ2v) is 4.58. The van der Waals surface area contributed by atoms with E-state index in [-0.39, 0.29) is 10.8 Å². The van der Waals surface area contributed by atoms with Gasteiger partial charge in [-0.1, -0.05) is 59.6 Å². The molecule has 0 aliphatic rings. The number of hydrogen-bond donors (Lipinski definition) is 1. The molecule has 0 aromatic heterocycles. The molecule has 98 valence electrons. The minimum absolute atomic E-state index is 0.200. The largest absolute Gasteiger partial charge is 0.478 e. The minimum atomic E-state index is -1.13. The third-order valence-corrected chi connectivity index (χ3v) is 3.29. The Bertz CT molecular complexity index is 584. The highest BCUT2D eigenvalue weighted by Crippen LogP contribution is 2.34. The predicted octanol–water partition coefficient (Wildman–Crippen LogP) is 4.20. The molecular formula is C14H10Cl2O3. The number of carboxylic acid groups (broad SMARTS) is 1. The molecule has 5 heteroatoms. The van der Waals surface area contributed by atoms with Gasteiger partial charge in [0.05, 0.1) is 5.02 Å². The van der Waals surface area contributed by atoms with E-state index in [0.717, 1.165) is 0 Å². The van der Waals surface area contributed by atoms with Gasteiger partial charge in [-0.25, -0.2) is 4.79 Å². The van der Waals surface area contributed by atoms with Gasteiger partial charge in [0.15, 0.2) is 0 Å². The van der Waals surface area contributed by atoms with Gasteiger partial charge in [-0.05, 0) is 12.1 Å². The Morgan fingerprint density at radius 1 is 1.05 bits per heavy atom. The molecule has 0 radical (unpaired) electrons. The SMILES string of the molecule is O=C(O)C(Oc1cccc(Cl)c1Cl)c1ccccc1.